The predicted molar refractivity (Wildman–Crippen MR) is 114 cm³/mol. The Balaban J connectivity index is 1.86. The second kappa shape index (κ2) is 7.88. The third-order valence-electron chi connectivity index (χ3n) is 4.26. The SMILES string of the molecule is O=c1c(OCc2ccc(Cl)cc2Cl)c(-c2ccccc2Cl)oc2ccccc12. The largest absolute Gasteiger partial charge is 0.481 e. The van der Waals surface area contributed by atoms with Gasteiger partial charge in [-0.25, -0.2) is 0 Å². The third kappa shape index (κ3) is 3.61. The molecule has 0 saturated heterocycles. The zero-order valence-electron chi connectivity index (χ0n) is 14.4. The van der Waals surface area contributed by atoms with Gasteiger partial charge in [-0.3, -0.25) is 4.79 Å². The van der Waals surface area contributed by atoms with Gasteiger partial charge in [0, 0.05) is 21.2 Å². The van der Waals surface area contributed by atoms with E-state index >= 15 is 0 Å². The van der Waals surface area contributed by atoms with E-state index in [4.69, 9.17) is 44.0 Å². The number of fused-ring (bicyclic) bond motifs is 1. The summed E-state index contributed by atoms with van der Waals surface area (Å²) in [5.74, 6) is 0.359. The molecule has 4 rings (SSSR count). The van der Waals surface area contributed by atoms with Gasteiger partial charge in [-0.1, -0.05) is 65.1 Å². The van der Waals surface area contributed by atoms with Crippen molar-refractivity contribution in [1.82, 2.24) is 0 Å². The smallest absolute Gasteiger partial charge is 0.235 e. The van der Waals surface area contributed by atoms with Crippen LogP contribution in [0.1, 0.15) is 5.56 Å². The lowest BCUT2D eigenvalue weighted by molar-refractivity contribution is 0.298. The molecule has 0 amide bonds. The average molecular weight is 432 g/mol. The number of hydrogen-bond acceptors (Lipinski definition) is 3. The van der Waals surface area contributed by atoms with Crippen molar-refractivity contribution in [2.45, 2.75) is 6.61 Å². The van der Waals surface area contributed by atoms with Gasteiger partial charge in [0.15, 0.2) is 5.76 Å². The molecule has 0 fully saturated rings. The zero-order chi connectivity index (χ0) is 19.7. The van der Waals surface area contributed by atoms with Crippen molar-refractivity contribution in [2.24, 2.45) is 0 Å². The molecule has 0 aliphatic carbocycles. The van der Waals surface area contributed by atoms with Crippen LogP contribution in [0, 0.1) is 0 Å². The van der Waals surface area contributed by atoms with Crippen molar-refractivity contribution in [2.75, 3.05) is 0 Å². The number of para-hydroxylation sites is 1. The molecule has 0 bridgehead atoms. The summed E-state index contributed by atoms with van der Waals surface area (Å²) in [5.41, 5.74) is 1.45. The topological polar surface area (TPSA) is 39.4 Å². The van der Waals surface area contributed by atoms with Crippen LogP contribution in [0.4, 0.5) is 0 Å². The van der Waals surface area contributed by atoms with E-state index in [9.17, 15) is 4.79 Å². The molecule has 140 valence electrons. The lowest BCUT2D eigenvalue weighted by atomic mass is 10.1. The average Bonchev–Trinajstić information content (AvgIpc) is 2.69. The van der Waals surface area contributed by atoms with Crippen LogP contribution in [0.2, 0.25) is 15.1 Å². The summed E-state index contributed by atoms with van der Waals surface area (Å²) in [5, 5.41) is 1.86. The highest BCUT2D eigenvalue weighted by molar-refractivity contribution is 6.35. The molecule has 6 heteroatoms. The number of ether oxygens (including phenoxy) is 1. The molecule has 3 nitrogen and oxygen atoms in total. The van der Waals surface area contributed by atoms with Crippen molar-refractivity contribution in [3.63, 3.8) is 0 Å². The summed E-state index contributed by atoms with van der Waals surface area (Å²) in [6, 6.07) is 19.2. The minimum atomic E-state index is -0.276. The maximum Gasteiger partial charge on any atom is 0.235 e. The molecule has 0 atom stereocenters. The van der Waals surface area contributed by atoms with E-state index in [1.807, 2.05) is 6.07 Å². The Bertz CT molecular complexity index is 1230. The van der Waals surface area contributed by atoms with E-state index in [1.165, 1.54) is 0 Å². The normalized spacial score (nSPS) is 11.0. The standard InChI is InChI=1S/C22H13Cl3O3/c23-14-10-9-13(18(25)11-14)12-27-22-20(26)16-6-2-4-8-19(16)28-21(22)15-5-1-3-7-17(15)24/h1-11H,12H2. The molecule has 1 heterocycles. The van der Waals surface area contributed by atoms with Gasteiger partial charge >= 0.3 is 0 Å². The van der Waals surface area contributed by atoms with Crippen molar-refractivity contribution in [3.05, 3.63) is 97.6 Å². The number of benzene rings is 3. The predicted octanol–water partition coefficient (Wildman–Crippen LogP) is 7.00. The Morgan fingerprint density at radius 1 is 0.857 bits per heavy atom. The van der Waals surface area contributed by atoms with Crippen molar-refractivity contribution < 1.29 is 9.15 Å². The maximum absolute atomic E-state index is 13.1. The summed E-state index contributed by atoms with van der Waals surface area (Å²) in [6.45, 7) is 0.0799. The molecule has 0 aliphatic rings. The summed E-state index contributed by atoms with van der Waals surface area (Å²) < 4.78 is 11.9. The quantitative estimate of drug-likeness (QED) is 0.349. The van der Waals surface area contributed by atoms with Gasteiger partial charge in [-0.15, -0.1) is 0 Å². The van der Waals surface area contributed by atoms with Gasteiger partial charge in [0.25, 0.3) is 0 Å². The number of halogens is 3. The Morgan fingerprint density at radius 3 is 2.39 bits per heavy atom. The van der Waals surface area contributed by atoms with Gasteiger partial charge < -0.3 is 9.15 Å². The molecule has 0 unspecified atom stereocenters. The molecule has 1 aromatic heterocycles. The summed E-state index contributed by atoms with van der Waals surface area (Å²) >= 11 is 18.5. The molecule has 4 aromatic rings. The molecule has 28 heavy (non-hydrogen) atoms. The van der Waals surface area contributed by atoms with Crippen molar-refractivity contribution >= 4 is 45.8 Å². The fourth-order valence-corrected chi connectivity index (χ4v) is 3.55. The van der Waals surface area contributed by atoms with Crippen LogP contribution in [0.3, 0.4) is 0 Å². The van der Waals surface area contributed by atoms with E-state index in [1.54, 1.807) is 60.7 Å². The molecular weight excluding hydrogens is 419 g/mol. The van der Waals surface area contributed by atoms with E-state index < -0.39 is 0 Å². The summed E-state index contributed by atoms with van der Waals surface area (Å²) in [4.78, 5) is 13.1. The Hall–Kier alpha value is -2.46. The first kappa shape index (κ1) is 18.9. The molecule has 0 N–H and O–H groups in total. The Labute approximate surface area is 176 Å². The molecule has 0 radical (unpaired) electrons. The van der Waals surface area contributed by atoms with Gasteiger partial charge in [-0.05, 0) is 36.4 Å². The second-order valence-corrected chi connectivity index (χ2v) is 7.34. The van der Waals surface area contributed by atoms with Crippen LogP contribution < -0.4 is 10.2 Å². The van der Waals surface area contributed by atoms with Crippen molar-refractivity contribution in [1.29, 1.82) is 0 Å². The first-order valence-electron chi connectivity index (χ1n) is 8.42. The first-order valence-corrected chi connectivity index (χ1v) is 9.55. The van der Waals surface area contributed by atoms with Crippen LogP contribution in [-0.2, 0) is 6.61 Å². The Morgan fingerprint density at radius 2 is 1.61 bits per heavy atom. The van der Waals surface area contributed by atoms with Gasteiger partial charge in [0.2, 0.25) is 11.2 Å². The fraction of sp³-hybridized carbons (Fsp3) is 0.0455. The van der Waals surface area contributed by atoms with Crippen LogP contribution in [0.25, 0.3) is 22.3 Å². The van der Waals surface area contributed by atoms with Crippen LogP contribution in [0.5, 0.6) is 5.75 Å². The van der Waals surface area contributed by atoms with Crippen LogP contribution in [0.15, 0.2) is 75.9 Å². The van der Waals surface area contributed by atoms with E-state index in [0.717, 1.165) is 0 Å². The highest BCUT2D eigenvalue weighted by atomic mass is 35.5. The van der Waals surface area contributed by atoms with Crippen LogP contribution in [-0.4, -0.2) is 0 Å². The first-order chi connectivity index (χ1) is 13.5. The van der Waals surface area contributed by atoms with E-state index in [-0.39, 0.29) is 23.5 Å². The fourth-order valence-electron chi connectivity index (χ4n) is 2.87. The zero-order valence-corrected chi connectivity index (χ0v) is 16.7. The summed E-state index contributed by atoms with van der Waals surface area (Å²) in [7, 11) is 0. The third-order valence-corrected chi connectivity index (χ3v) is 5.18. The van der Waals surface area contributed by atoms with Crippen LogP contribution >= 0.6 is 34.8 Å². The highest BCUT2D eigenvalue weighted by Gasteiger charge is 2.19. The molecule has 3 aromatic carbocycles. The monoisotopic (exact) mass is 430 g/mol. The molecule has 0 aliphatic heterocycles. The van der Waals surface area contributed by atoms with Gasteiger partial charge in [0.05, 0.1) is 10.4 Å². The Kier molecular flexibility index (Phi) is 5.31. The van der Waals surface area contributed by atoms with Gasteiger partial charge in [0.1, 0.15) is 12.2 Å². The number of hydrogen-bond donors (Lipinski definition) is 0. The highest BCUT2D eigenvalue weighted by Crippen LogP contribution is 2.35. The van der Waals surface area contributed by atoms with E-state index in [2.05, 4.69) is 0 Å². The van der Waals surface area contributed by atoms with Gasteiger partial charge in [-0.2, -0.15) is 0 Å². The minimum Gasteiger partial charge on any atom is -0.481 e. The van der Waals surface area contributed by atoms with Crippen molar-refractivity contribution in [3.8, 4) is 17.1 Å². The number of rotatable bonds is 4. The molecular formula is C22H13Cl3O3. The van der Waals surface area contributed by atoms with E-state index in [0.29, 0.717) is 37.2 Å². The lowest BCUT2D eigenvalue weighted by Gasteiger charge is -2.13. The molecule has 0 saturated carbocycles. The minimum absolute atomic E-state index is 0.0799. The molecule has 0 spiro atoms. The maximum atomic E-state index is 13.1. The second-order valence-electron chi connectivity index (χ2n) is 6.09. The lowest BCUT2D eigenvalue weighted by Crippen LogP contribution is -2.10. The summed E-state index contributed by atoms with van der Waals surface area (Å²) in [6.07, 6.45) is 0.